The molecular formula is C13H16N2O3. The van der Waals surface area contributed by atoms with Crippen LogP contribution < -0.4 is 5.32 Å². The van der Waals surface area contributed by atoms with Gasteiger partial charge in [0.25, 0.3) is 0 Å². The standard InChI is InChI=1S/C13H16N2O3/c1-15(8-12(16)18-2)13(17)11-7-9-5-3-4-6-10(9)14-11/h3-6,11,14H,7-8H2,1-2H3/t11-/m0/s1. The van der Waals surface area contributed by atoms with Crippen LogP contribution in [0.5, 0.6) is 0 Å². The molecule has 0 unspecified atom stereocenters. The first kappa shape index (κ1) is 12.4. The third-order valence-corrected chi connectivity index (χ3v) is 3.04. The van der Waals surface area contributed by atoms with Crippen molar-refractivity contribution >= 4 is 17.6 Å². The number of rotatable bonds is 3. The second-order valence-corrected chi connectivity index (χ2v) is 4.33. The number of amides is 1. The van der Waals surface area contributed by atoms with Crippen LogP contribution in [0.4, 0.5) is 5.69 Å². The van der Waals surface area contributed by atoms with Crippen molar-refractivity contribution in [3.8, 4) is 0 Å². The minimum Gasteiger partial charge on any atom is -0.468 e. The molecule has 1 aromatic rings. The highest BCUT2D eigenvalue weighted by atomic mass is 16.5. The summed E-state index contributed by atoms with van der Waals surface area (Å²) >= 11 is 0. The van der Waals surface area contributed by atoms with Gasteiger partial charge >= 0.3 is 5.97 Å². The van der Waals surface area contributed by atoms with Gasteiger partial charge in [0, 0.05) is 19.2 Å². The highest BCUT2D eigenvalue weighted by molar-refractivity contribution is 5.89. The number of ether oxygens (including phenoxy) is 1. The van der Waals surface area contributed by atoms with Crippen molar-refractivity contribution in [2.24, 2.45) is 0 Å². The number of likely N-dealkylation sites (N-methyl/N-ethyl adjacent to an activating group) is 1. The van der Waals surface area contributed by atoms with Gasteiger partial charge in [0.1, 0.15) is 12.6 Å². The summed E-state index contributed by atoms with van der Waals surface area (Å²) in [6, 6.07) is 7.53. The lowest BCUT2D eigenvalue weighted by molar-refractivity contribution is -0.146. The van der Waals surface area contributed by atoms with Crippen molar-refractivity contribution in [2.45, 2.75) is 12.5 Å². The fraction of sp³-hybridized carbons (Fsp3) is 0.385. The third kappa shape index (κ3) is 2.45. The maximum Gasteiger partial charge on any atom is 0.325 e. The molecule has 0 saturated heterocycles. The van der Waals surface area contributed by atoms with Crippen LogP contribution in [-0.2, 0) is 20.7 Å². The minimum atomic E-state index is -0.415. The molecule has 1 aliphatic heterocycles. The summed E-state index contributed by atoms with van der Waals surface area (Å²) in [5.41, 5.74) is 2.12. The quantitative estimate of drug-likeness (QED) is 0.798. The monoisotopic (exact) mass is 248 g/mol. The number of nitrogens with one attached hydrogen (secondary N) is 1. The Morgan fingerprint density at radius 2 is 2.17 bits per heavy atom. The average Bonchev–Trinajstić information content (AvgIpc) is 2.81. The zero-order chi connectivity index (χ0) is 13.1. The van der Waals surface area contributed by atoms with E-state index in [9.17, 15) is 9.59 Å². The number of anilines is 1. The molecule has 1 aromatic carbocycles. The van der Waals surface area contributed by atoms with Crippen molar-refractivity contribution in [3.05, 3.63) is 29.8 Å². The van der Waals surface area contributed by atoms with Crippen molar-refractivity contribution in [1.82, 2.24) is 4.90 Å². The minimum absolute atomic E-state index is 0.0239. The molecule has 96 valence electrons. The number of benzene rings is 1. The molecule has 0 bridgehead atoms. The summed E-state index contributed by atoms with van der Waals surface area (Å²) in [5.74, 6) is -0.516. The zero-order valence-electron chi connectivity index (χ0n) is 10.5. The van der Waals surface area contributed by atoms with Gasteiger partial charge in [-0.3, -0.25) is 9.59 Å². The third-order valence-electron chi connectivity index (χ3n) is 3.04. The predicted molar refractivity (Wildman–Crippen MR) is 67.2 cm³/mol. The van der Waals surface area contributed by atoms with E-state index in [0.717, 1.165) is 11.3 Å². The first-order valence-corrected chi connectivity index (χ1v) is 5.78. The molecule has 2 rings (SSSR count). The van der Waals surface area contributed by atoms with E-state index in [2.05, 4.69) is 10.1 Å². The Morgan fingerprint density at radius 1 is 1.44 bits per heavy atom. The van der Waals surface area contributed by atoms with Crippen LogP contribution >= 0.6 is 0 Å². The number of carbonyl (C=O) groups excluding carboxylic acids is 2. The summed E-state index contributed by atoms with van der Waals surface area (Å²) in [6.07, 6.45) is 0.653. The maximum absolute atomic E-state index is 12.1. The Bertz CT molecular complexity index is 448. The van der Waals surface area contributed by atoms with E-state index >= 15 is 0 Å². The van der Waals surface area contributed by atoms with Gasteiger partial charge in [-0.1, -0.05) is 18.2 Å². The van der Waals surface area contributed by atoms with Crippen LogP contribution in [0.1, 0.15) is 5.56 Å². The van der Waals surface area contributed by atoms with E-state index in [1.807, 2.05) is 24.3 Å². The first-order valence-electron chi connectivity index (χ1n) is 5.78. The number of hydrogen-bond acceptors (Lipinski definition) is 4. The summed E-state index contributed by atoms with van der Waals surface area (Å²) in [6.45, 7) is -0.0239. The van der Waals surface area contributed by atoms with E-state index in [1.54, 1.807) is 7.05 Å². The van der Waals surface area contributed by atoms with Crippen LogP contribution in [0, 0.1) is 0 Å². The average molecular weight is 248 g/mol. The zero-order valence-corrected chi connectivity index (χ0v) is 10.5. The number of hydrogen-bond donors (Lipinski definition) is 1. The van der Waals surface area contributed by atoms with Gasteiger partial charge in [-0.05, 0) is 11.6 Å². The Labute approximate surface area is 106 Å². The van der Waals surface area contributed by atoms with Gasteiger partial charge in [0.2, 0.25) is 5.91 Å². The SMILES string of the molecule is COC(=O)CN(C)C(=O)[C@@H]1Cc2ccccc2N1. The van der Waals surface area contributed by atoms with Crippen LogP contribution in [0.3, 0.4) is 0 Å². The fourth-order valence-corrected chi connectivity index (χ4v) is 2.05. The highest BCUT2D eigenvalue weighted by Crippen LogP contribution is 2.25. The topological polar surface area (TPSA) is 58.6 Å². The van der Waals surface area contributed by atoms with Crippen LogP contribution in [-0.4, -0.2) is 43.5 Å². The summed E-state index contributed by atoms with van der Waals surface area (Å²) in [7, 11) is 2.91. The summed E-state index contributed by atoms with van der Waals surface area (Å²) < 4.78 is 4.54. The number of para-hydroxylation sites is 1. The maximum atomic E-state index is 12.1. The van der Waals surface area contributed by atoms with Crippen molar-refractivity contribution in [3.63, 3.8) is 0 Å². The second kappa shape index (κ2) is 5.08. The number of nitrogens with zero attached hydrogens (tertiary/aromatic N) is 1. The van der Waals surface area contributed by atoms with E-state index in [1.165, 1.54) is 12.0 Å². The Morgan fingerprint density at radius 3 is 2.83 bits per heavy atom. The molecule has 1 heterocycles. The van der Waals surface area contributed by atoms with Gasteiger partial charge in [-0.2, -0.15) is 0 Å². The number of esters is 1. The lowest BCUT2D eigenvalue weighted by Crippen LogP contribution is -2.42. The predicted octanol–water partition coefficient (Wildman–Crippen LogP) is 0.655. The van der Waals surface area contributed by atoms with Crippen LogP contribution in [0.15, 0.2) is 24.3 Å². The number of methoxy groups -OCH3 is 1. The van der Waals surface area contributed by atoms with E-state index in [4.69, 9.17) is 0 Å². The molecule has 0 saturated carbocycles. The molecule has 1 amide bonds. The molecule has 0 aliphatic carbocycles. The van der Waals surface area contributed by atoms with Crippen LogP contribution in [0.25, 0.3) is 0 Å². The van der Waals surface area contributed by atoms with Gasteiger partial charge in [-0.25, -0.2) is 0 Å². The normalized spacial score (nSPS) is 16.7. The summed E-state index contributed by atoms with van der Waals surface area (Å²) in [5, 5.41) is 3.16. The molecule has 1 N–H and O–H groups in total. The van der Waals surface area contributed by atoms with E-state index < -0.39 is 5.97 Å². The van der Waals surface area contributed by atoms with Gasteiger partial charge in [0.05, 0.1) is 7.11 Å². The highest BCUT2D eigenvalue weighted by Gasteiger charge is 2.29. The lowest BCUT2D eigenvalue weighted by Gasteiger charge is -2.20. The molecule has 5 nitrogen and oxygen atoms in total. The lowest BCUT2D eigenvalue weighted by atomic mass is 10.1. The van der Waals surface area contributed by atoms with Crippen molar-refractivity contribution in [2.75, 3.05) is 26.0 Å². The van der Waals surface area contributed by atoms with E-state index in [-0.39, 0.29) is 18.5 Å². The number of carbonyl (C=O) groups is 2. The molecule has 5 heteroatoms. The largest absolute Gasteiger partial charge is 0.468 e. The summed E-state index contributed by atoms with van der Waals surface area (Å²) in [4.78, 5) is 24.6. The van der Waals surface area contributed by atoms with Gasteiger partial charge in [-0.15, -0.1) is 0 Å². The van der Waals surface area contributed by atoms with Crippen LogP contribution in [0.2, 0.25) is 0 Å². The Hall–Kier alpha value is -2.04. The van der Waals surface area contributed by atoms with E-state index in [0.29, 0.717) is 6.42 Å². The number of fused-ring (bicyclic) bond motifs is 1. The molecule has 1 aliphatic rings. The molecule has 0 radical (unpaired) electrons. The molecule has 18 heavy (non-hydrogen) atoms. The van der Waals surface area contributed by atoms with Crippen molar-refractivity contribution < 1.29 is 14.3 Å². The fourth-order valence-electron chi connectivity index (χ4n) is 2.05. The van der Waals surface area contributed by atoms with Crippen molar-refractivity contribution in [1.29, 1.82) is 0 Å². The van der Waals surface area contributed by atoms with Gasteiger partial charge < -0.3 is 15.0 Å². The molecule has 0 aromatic heterocycles. The Kier molecular flexibility index (Phi) is 3.50. The second-order valence-electron chi connectivity index (χ2n) is 4.33. The molecule has 1 atom stereocenters. The molecule has 0 fully saturated rings. The molecule has 0 spiro atoms. The molecular weight excluding hydrogens is 232 g/mol. The van der Waals surface area contributed by atoms with Gasteiger partial charge in [0.15, 0.2) is 0 Å². The first-order chi connectivity index (χ1) is 8.61. The smallest absolute Gasteiger partial charge is 0.325 e. The Balaban J connectivity index is 1.98.